The van der Waals surface area contributed by atoms with E-state index in [1.54, 1.807) is 6.08 Å². The summed E-state index contributed by atoms with van der Waals surface area (Å²) in [6, 6.07) is -0.972. The summed E-state index contributed by atoms with van der Waals surface area (Å²) in [5.74, 6) is -0.283. The Morgan fingerprint density at radius 3 is 1.30 bits per heavy atom. The molecule has 0 bridgehead atoms. The fraction of sp³-hybridized carbons (Fsp3) is 0.797. The average molecular weight is 1180 g/mol. The number of aliphatic hydroxyl groups excluding tert-OH is 11. The Bertz CT molecular complexity index is 1790. The molecule has 19 heteroatoms. The highest BCUT2D eigenvalue weighted by Crippen LogP contribution is 2.33. The van der Waals surface area contributed by atoms with Crippen LogP contribution < -0.4 is 5.32 Å². The van der Waals surface area contributed by atoms with Crippen LogP contribution in [-0.2, 0) is 33.2 Å². The van der Waals surface area contributed by atoms with Crippen molar-refractivity contribution in [3.8, 4) is 0 Å². The molecule has 17 atom stereocenters. The molecule has 0 aliphatic carbocycles. The van der Waals surface area contributed by atoms with E-state index in [-0.39, 0.29) is 18.9 Å². The molecule has 0 spiro atoms. The molecule has 3 heterocycles. The zero-order chi connectivity index (χ0) is 60.5. The van der Waals surface area contributed by atoms with Gasteiger partial charge in [-0.1, -0.05) is 196 Å². The van der Waals surface area contributed by atoms with E-state index in [1.807, 2.05) is 6.08 Å². The summed E-state index contributed by atoms with van der Waals surface area (Å²) in [4.78, 5) is 13.3. The molecule has 3 rings (SSSR count). The van der Waals surface area contributed by atoms with Crippen LogP contribution in [0, 0.1) is 0 Å². The van der Waals surface area contributed by atoms with Gasteiger partial charge in [0, 0.05) is 6.42 Å². The molecular formula is C64H111NO18. The predicted molar refractivity (Wildman–Crippen MR) is 318 cm³/mol. The summed E-state index contributed by atoms with van der Waals surface area (Å²) in [5, 5.41) is 120. The van der Waals surface area contributed by atoms with Gasteiger partial charge in [0.2, 0.25) is 5.91 Å². The van der Waals surface area contributed by atoms with E-state index >= 15 is 0 Å². The standard InChI is InChI=1S/C64H111NO18/c1-3-5-7-9-11-12-13-14-15-16-17-18-19-20-21-22-23-24-25-26-27-28-29-30-31-32-33-34-36-38-40-42-52(70)65-47(48(69)41-39-37-35-10-8-6-4-2)46-78-62-58(76)55(73)60(50(44-67)80-62)83-64-59(77)56(74)61(51(45-68)81-64)82-63-57(75)54(72)53(71)49(43-66)79-63/h5,7,11-12,14-15,17-18,20-21,39,41,47-51,53-64,66-69,71-77H,3-4,6,8-10,13,16,19,22-38,40,42-46H2,1-2H3,(H,65,70)/b7-5-,12-11-,15-14-,18-17-,21-20-,41-39+. The van der Waals surface area contributed by atoms with E-state index in [0.717, 1.165) is 89.9 Å². The first kappa shape index (κ1) is 74.5. The summed E-state index contributed by atoms with van der Waals surface area (Å²) in [6.07, 6.45) is 29.4. The average Bonchev–Trinajstić information content (AvgIpc) is 3.69. The molecule has 3 saturated heterocycles. The van der Waals surface area contributed by atoms with Crippen LogP contribution in [0.5, 0.6) is 0 Å². The minimum Gasteiger partial charge on any atom is -0.394 e. The normalized spacial score (nSPS) is 29.9. The molecule has 480 valence electrons. The first-order valence-corrected chi connectivity index (χ1v) is 31.7. The Labute approximate surface area is 496 Å². The number of unbranched alkanes of at least 4 members (excludes halogenated alkanes) is 20. The predicted octanol–water partition coefficient (Wildman–Crippen LogP) is 6.60. The Kier molecular flexibility index (Phi) is 41.6. The Hall–Kier alpha value is -2.77. The fourth-order valence-electron chi connectivity index (χ4n) is 10.3. The van der Waals surface area contributed by atoms with Crippen LogP contribution in [0.4, 0.5) is 0 Å². The lowest BCUT2D eigenvalue weighted by atomic mass is 9.96. The number of ether oxygens (including phenoxy) is 6. The van der Waals surface area contributed by atoms with Crippen molar-refractivity contribution < 1.29 is 89.4 Å². The minimum atomic E-state index is -1.98. The maximum Gasteiger partial charge on any atom is 0.220 e. The topological polar surface area (TPSA) is 307 Å². The molecule has 83 heavy (non-hydrogen) atoms. The largest absolute Gasteiger partial charge is 0.394 e. The lowest BCUT2D eigenvalue weighted by molar-refractivity contribution is -0.379. The second-order valence-corrected chi connectivity index (χ2v) is 22.5. The first-order chi connectivity index (χ1) is 40.3. The van der Waals surface area contributed by atoms with Crippen molar-refractivity contribution in [1.82, 2.24) is 5.32 Å². The number of nitrogens with one attached hydrogen (secondary N) is 1. The van der Waals surface area contributed by atoms with Gasteiger partial charge in [-0.3, -0.25) is 4.79 Å². The number of rotatable bonds is 46. The van der Waals surface area contributed by atoms with Gasteiger partial charge in [0.25, 0.3) is 0 Å². The summed E-state index contributed by atoms with van der Waals surface area (Å²) in [7, 11) is 0. The third-order valence-corrected chi connectivity index (χ3v) is 15.5. The highest BCUT2D eigenvalue weighted by Gasteiger charge is 2.53. The third kappa shape index (κ3) is 29.7. The zero-order valence-corrected chi connectivity index (χ0v) is 50.1. The van der Waals surface area contributed by atoms with Gasteiger partial charge in [-0.2, -0.15) is 0 Å². The molecule has 0 aromatic heterocycles. The van der Waals surface area contributed by atoms with Gasteiger partial charge < -0.3 is 89.9 Å². The lowest BCUT2D eigenvalue weighted by Gasteiger charge is -2.48. The number of carbonyl (C=O) groups excluding carboxylic acids is 1. The lowest BCUT2D eigenvalue weighted by Crippen LogP contribution is -2.66. The van der Waals surface area contributed by atoms with E-state index in [4.69, 9.17) is 28.4 Å². The summed E-state index contributed by atoms with van der Waals surface area (Å²) < 4.78 is 34.1. The van der Waals surface area contributed by atoms with Crippen LogP contribution in [0.3, 0.4) is 0 Å². The molecule has 3 fully saturated rings. The summed E-state index contributed by atoms with van der Waals surface area (Å²) in [6.45, 7) is 1.52. The maximum absolute atomic E-state index is 13.3. The molecule has 3 aliphatic rings. The van der Waals surface area contributed by atoms with Gasteiger partial charge >= 0.3 is 0 Å². The Morgan fingerprint density at radius 1 is 0.446 bits per heavy atom. The molecule has 12 N–H and O–H groups in total. The fourth-order valence-corrected chi connectivity index (χ4v) is 10.3. The van der Waals surface area contributed by atoms with Gasteiger partial charge in [0.1, 0.15) is 73.2 Å². The number of allylic oxidation sites excluding steroid dienone is 11. The zero-order valence-electron chi connectivity index (χ0n) is 50.1. The number of amides is 1. The smallest absolute Gasteiger partial charge is 0.220 e. The Morgan fingerprint density at radius 2 is 0.831 bits per heavy atom. The summed E-state index contributed by atoms with van der Waals surface area (Å²) >= 11 is 0. The highest BCUT2D eigenvalue weighted by molar-refractivity contribution is 5.76. The molecule has 0 aromatic rings. The number of aliphatic hydroxyl groups is 11. The molecule has 19 nitrogen and oxygen atoms in total. The van der Waals surface area contributed by atoms with Gasteiger partial charge in [0.15, 0.2) is 18.9 Å². The van der Waals surface area contributed by atoms with Crippen molar-refractivity contribution in [2.45, 2.75) is 298 Å². The van der Waals surface area contributed by atoms with E-state index < -0.39 is 124 Å². The van der Waals surface area contributed by atoms with E-state index in [1.165, 1.54) is 77.0 Å². The van der Waals surface area contributed by atoms with Gasteiger partial charge in [-0.05, 0) is 64.2 Å². The second-order valence-electron chi connectivity index (χ2n) is 22.5. The van der Waals surface area contributed by atoms with Gasteiger partial charge in [-0.15, -0.1) is 0 Å². The van der Waals surface area contributed by atoms with Crippen LogP contribution in [0.1, 0.15) is 194 Å². The highest BCUT2D eigenvalue weighted by atomic mass is 16.8. The van der Waals surface area contributed by atoms with Crippen molar-refractivity contribution in [1.29, 1.82) is 0 Å². The van der Waals surface area contributed by atoms with Crippen LogP contribution in [0.2, 0.25) is 0 Å². The molecule has 1 amide bonds. The van der Waals surface area contributed by atoms with E-state index in [9.17, 15) is 61.0 Å². The van der Waals surface area contributed by atoms with Crippen molar-refractivity contribution >= 4 is 5.91 Å². The van der Waals surface area contributed by atoms with E-state index in [0.29, 0.717) is 6.42 Å². The van der Waals surface area contributed by atoms with Gasteiger partial charge in [-0.25, -0.2) is 0 Å². The van der Waals surface area contributed by atoms with Crippen LogP contribution in [0.15, 0.2) is 72.9 Å². The minimum absolute atomic E-state index is 0.239. The van der Waals surface area contributed by atoms with Crippen LogP contribution >= 0.6 is 0 Å². The number of hydrogen-bond donors (Lipinski definition) is 12. The molecule has 3 aliphatic heterocycles. The molecule has 0 saturated carbocycles. The number of hydrogen-bond acceptors (Lipinski definition) is 18. The summed E-state index contributed by atoms with van der Waals surface area (Å²) in [5.41, 5.74) is 0. The second kappa shape index (κ2) is 46.4. The Balaban J connectivity index is 1.34. The van der Waals surface area contributed by atoms with Crippen molar-refractivity contribution in [3.05, 3.63) is 72.9 Å². The quantitative estimate of drug-likeness (QED) is 0.0226. The molecular weight excluding hydrogens is 1070 g/mol. The molecule has 17 unspecified atom stereocenters. The van der Waals surface area contributed by atoms with Gasteiger partial charge in [0.05, 0.1) is 38.6 Å². The number of carbonyl (C=O) groups is 1. The van der Waals surface area contributed by atoms with Crippen LogP contribution in [-0.4, -0.2) is 193 Å². The third-order valence-electron chi connectivity index (χ3n) is 15.5. The van der Waals surface area contributed by atoms with Crippen LogP contribution in [0.25, 0.3) is 0 Å². The maximum atomic E-state index is 13.3. The van der Waals surface area contributed by atoms with Crippen molar-refractivity contribution in [3.63, 3.8) is 0 Å². The van der Waals surface area contributed by atoms with Crippen molar-refractivity contribution in [2.24, 2.45) is 0 Å². The molecule has 0 aromatic carbocycles. The first-order valence-electron chi connectivity index (χ1n) is 31.7. The SMILES string of the molecule is CC/C=C\C/C=C\C/C=C\C/C=C\C/C=C\CCCCCCCCCCCCCCCCCC(=O)NC(COC1OC(CO)C(OC2OC(CO)C(OC3OC(CO)C(O)C(O)C3O)C(O)C2O)C(O)C1O)C(O)/C=C/CCCCCCC. The monoisotopic (exact) mass is 1180 g/mol. The molecule has 0 radical (unpaired) electrons. The van der Waals surface area contributed by atoms with E-state index in [2.05, 4.69) is 79.9 Å². The van der Waals surface area contributed by atoms with Crippen molar-refractivity contribution in [2.75, 3.05) is 26.4 Å².